The van der Waals surface area contributed by atoms with Crippen LogP contribution >= 0.6 is 22.6 Å². The molecule has 1 aliphatic rings. The number of benzene rings is 1. The maximum absolute atomic E-state index is 12.4. The average Bonchev–Trinajstić information content (AvgIpc) is 2.79. The van der Waals surface area contributed by atoms with E-state index in [1.807, 2.05) is 25.1 Å². The number of rotatable bonds is 3. The van der Waals surface area contributed by atoms with Crippen molar-refractivity contribution in [2.24, 2.45) is 0 Å². The number of aryl methyl sites for hydroxylation is 1. The molecular formula is C14H16INO3. The molecule has 102 valence electrons. The maximum Gasteiger partial charge on any atom is 0.305 e. The number of halogens is 1. The Balaban J connectivity index is 2.18. The summed E-state index contributed by atoms with van der Waals surface area (Å²) in [5.41, 5.74) is 1.79. The molecule has 19 heavy (non-hydrogen) atoms. The van der Waals surface area contributed by atoms with Gasteiger partial charge in [0.1, 0.15) is 0 Å². The van der Waals surface area contributed by atoms with Crippen LogP contribution in [-0.2, 0) is 4.79 Å². The summed E-state index contributed by atoms with van der Waals surface area (Å²) in [6.45, 7) is 2.65. The molecule has 0 radical (unpaired) electrons. The second-order valence-electron chi connectivity index (χ2n) is 4.86. The van der Waals surface area contributed by atoms with Crippen molar-refractivity contribution in [1.29, 1.82) is 0 Å². The molecule has 0 bridgehead atoms. The second kappa shape index (κ2) is 5.90. The van der Waals surface area contributed by atoms with E-state index < -0.39 is 5.97 Å². The van der Waals surface area contributed by atoms with E-state index in [1.165, 1.54) is 0 Å². The van der Waals surface area contributed by atoms with Crippen molar-refractivity contribution < 1.29 is 14.7 Å². The molecule has 1 aromatic carbocycles. The van der Waals surface area contributed by atoms with Gasteiger partial charge < -0.3 is 10.0 Å². The average molecular weight is 373 g/mol. The molecule has 2 rings (SSSR count). The van der Waals surface area contributed by atoms with E-state index in [2.05, 4.69) is 22.6 Å². The maximum atomic E-state index is 12.4. The third-order valence-electron chi connectivity index (χ3n) is 3.47. The van der Waals surface area contributed by atoms with Crippen molar-refractivity contribution in [3.63, 3.8) is 0 Å². The summed E-state index contributed by atoms with van der Waals surface area (Å²) in [6.07, 6.45) is 1.70. The van der Waals surface area contributed by atoms with Gasteiger partial charge in [-0.1, -0.05) is 6.07 Å². The van der Waals surface area contributed by atoms with Crippen LogP contribution < -0.4 is 0 Å². The van der Waals surface area contributed by atoms with Gasteiger partial charge in [-0.15, -0.1) is 0 Å². The second-order valence-corrected chi connectivity index (χ2v) is 6.02. The third-order valence-corrected chi connectivity index (χ3v) is 4.63. The molecule has 1 unspecified atom stereocenters. The quantitative estimate of drug-likeness (QED) is 0.829. The Hall–Kier alpha value is -1.11. The van der Waals surface area contributed by atoms with Crippen LogP contribution in [0.3, 0.4) is 0 Å². The summed E-state index contributed by atoms with van der Waals surface area (Å²) in [4.78, 5) is 25.0. The minimum Gasteiger partial charge on any atom is -0.481 e. The largest absolute Gasteiger partial charge is 0.481 e. The molecule has 1 aromatic rings. The third kappa shape index (κ3) is 3.26. The molecule has 1 aliphatic heterocycles. The molecule has 1 heterocycles. The lowest BCUT2D eigenvalue weighted by Gasteiger charge is -2.23. The van der Waals surface area contributed by atoms with Gasteiger partial charge in [0.2, 0.25) is 0 Å². The van der Waals surface area contributed by atoms with Crippen LogP contribution in [0.5, 0.6) is 0 Å². The van der Waals surface area contributed by atoms with E-state index in [9.17, 15) is 9.59 Å². The summed E-state index contributed by atoms with van der Waals surface area (Å²) >= 11 is 2.21. The summed E-state index contributed by atoms with van der Waals surface area (Å²) in [7, 11) is 0. The molecule has 1 N–H and O–H groups in total. The van der Waals surface area contributed by atoms with Gasteiger partial charge in [-0.05, 0) is 60.1 Å². The number of amides is 1. The summed E-state index contributed by atoms with van der Waals surface area (Å²) < 4.78 is 1.05. The number of nitrogens with zero attached hydrogens (tertiary/aromatic N) is 1. The molecule has 0 aromatic heterocycles. The Morgan fingerprint density at radius 1 is 1.47 bits per heavy atom. The van der Waals surface area contributed by atoms with Gasteiger partial charge in [0.25, 0.3) is 5.91 Å². The number of carbonyl (C=O) groups is 2. The predicted molar refractivity (Wildman–Crippen MR) is 80.2 cm³/mol. The predicted octanol–water partition coefficient (Wildman–Crippen LogP) is 2.68. The smallest absolute Gasteiger partial charge is 0.305 e. The van der Waals surface area contributed by atoms with Gasteiger partial charge in [-0.3, -0.25) is 9.59 Å². The first-order chi connectivity index (χ1) is 8.99. The molecule has 0 aliphatic carbocycles. The van der Waals surface area contributed by atoms with E-state index in [0.717, 1.165) is 22.0 Å². The Morgan fingerprint density at radius 3 is 2.84 bits per heavy atom. The number of carboxylic acids is 1. The van der Waals surface area contributed by atoms with Crippen LogP contribution in [0.2, 0.25) is 0 Å². The lowest BCUT2D eigenvalue weighted by atomic mass is 10.1. The summed E-state index contributed by atoms with van der Waals surface area (Å²) in [5, 5.41) is 8.89. The van der Waals surface area contributed by atoms with Gasteiger partial charge in [0.15, 0.2) is 0 Å². The zero-order valence-electron chi connectivity index (χ0n) is 10.7. The lowest BCUT2D eigenvalue weighted by molar-refractivity contribution is -0.137. The SMILES string of the molecule is Cc1ccc(C(=O)N2CCCC2CC(=O)O)cc1I. The van der Waals surface area contributed by atoms with E-state index in [1.54, 1.807) is 4.90 Å². The highest BCUT2D eigenvalue weighted by molar-refractivity contribution is 14.1. The van der Waals surface area contributed by atoms with E-state index in [-0.39, 0.29) is 18.4 Å². The Kier molecular flexibility index (Phi) is 4.44. The summed E-state index contributed by atoms with van der Waals surface area (Å²) in [6, 6.07) is 5.45. The summed E-state index contributed by atoms with van der Waals surface area (Å²) in [5.74, 6) is -0.898. The minimum absolute atomic E-state index is 0.0364. The molecule has 1 atom stereocenters. The van der Waals surface area contributed by atoms with Crippen LogP contribution in [0.25, 0.3) is 0 Å². The number of aliphatic carboxylic acids is 1. The Morgan fingerprint density at radius 2 is 2.21 bits per heavy atom. The van der Waals surface area contributed by atoms with Crippen molar-refractivity contribution in [3.8, 4) is 0 Å². The first-order valence-corrected chi connectivity index (χ1v) is 7.36. The molecule has 1 fully saturated rings. The zero-order valence-corrected chi connectivity index (χ0v) is 12.9. The zero-order chi connectivity index (χ0) is 14.0. The molecule has 1 saturated heterocycles. The number of carbonyl (C=O) groups excluding carboxylic acids is 1. The fraction of sp³-hybridized carbons (Fsp3) is 0.429. The van der Waals surface area contributed by atoms with Gasteiger partial charge in [-0.2, -0.15) is 0 Å². The normalized spacial score (nSPS) is 18.6. The molecule has 4 nitrogen and oxygen atoms in total. The van der Waals surface area contributed by atoms with Gasteiger partial charge in [-0.25, -0.2) is 0 Å². The molecule has 0 spiro atoms. The molecule has 1 amide bonds. The highest BCUT2D eigenvalue weighted by Crippen LogP contribution is 2.23. The van der Waals surface area contributed by atoms with E-state index in [4.69, 9.17) is 5.11 Å². The minimum atomic E-state index is -0.844. The van der Waals surface area contributed by atoms with E-state index in [0.29, 0.717) is 12.1 Å². The standard InChI is InChI=1S/C14H16INO3/c1-9-4-5-10(7-12(9)15)14(19)16-6-2-3-11(16)8-13(17)18/h4-5,7,11H,2-3,6,8H2,1H3,(H,17,18). The Labute approximate surface area is 125 Å². The van der Waals surface area contributed by atoms with Crippen LogP contribution in [0.1, 0.15) is 35.2 Å². The monoisotopic (exact) mass is 373 g/mol. The number of hydrogen-bond acceptors (Lipinski definition) is 2. The van der Waals surface area contributed by atoms with Crippen molar-refractivity contribution in [3.05, 3.63) is 32.9 Å². The number of hydrogen-bond donors (Lipinski definition) is 1. The lowest BCUT2D eigenvalue weighted by Crippen LogP contribution is -2.36. The molecular weight excluding hydrogens is 357 g/mol. The topological polar surface area (TPSA) is 57.6 Å². The van der Waals surface area contributed by atoms with Gasteiger partial charge in [0, 0.05) is 21.7 Å². The van der Waals surface area contributed by atoms with Crippen molar-refractivity contribution in [1.82, 2.24) is 4.90 Å². The van der Waals surface area contributed by atoms with Gasteiger partial charge >= 0.3 is 5.97 Å². The van der Waals surface area contributed by atoms with Crippen LogP contribution in [0.15, 0.2) is 18.2 Å². The van der Waals surface area contributed by atoms with Gasteiger partial charge in [0.05, 0.1) is 6.42 Å². The first kappa shape index (κ1) is 14.3. The fourth-order valence-electron chi connectivity index (χ4n) is 2.41. The number of carboxylic acid groups (broad SMARTS) is 1. The molecule has 5 heteroatoms. The van der Waals surface area contributed by atoms with Crippen LogP contribution in [0, 0.1) is 10.5 Å². The highest BCUT2D eigenvalue weighted by Gasteiger charge is 2.30. The molecule has 0 saturated carbocycles. The van der Waals surface area contributed by atoms with E-state index >= 15 is 0 Å². The van der Waals surface area contributed by atoms with Crippen LogP contribution in [0.4, 0.5) is 0 Å². The Bertz CT molecular complexity index is 515. The highest BCUT2D eigenvalue weighted by atomic mass is 127. The van der Waals surface area contributed by atoms with Crippen molar-refractivity contribution in [2.75, 3.05) is 6.54 Å². The number of likely N-dealkylation sites (tertiary alicyclic amines) is 1. The van der Waals surface area contributed by atoms with Crippen LogP contribution in [-0.4, -0.2) is 34.5 Å². The first-order valence-electron chi connectivity index (χ1n) is 6.28. The van der Waals surface area contributed by atoms with Crippen molar-refractivity contribution in [2.45, 2.75) is 32.2 Å². The fourth-order valence-corrected chi connectivity index (χ4v) is 2.92. The van der Waals surface area contributed by atoms with Crippen molar-refractivity contribution >= 4 is 34.5 Å².